The lowest BCUT2D eigenvalue weighted by Gasteiger charge is -2.08. The number of nitrogens with one attached hydrogen (secondary N) is 1. The van der Waals surface area contributed by atoms with E-state index in [9.17, 15) is 9.59 Å². The number of imidazole rings is 1. The Morgan fingerprint density at radius 3 is 2.68 bits per heavy atom. The van der Waals surface area contributed by atoms with Gasteiger partial charge in [-0.1, -0.05) is 39.0 Å². The van der Waals surface area contributed by atoms with E-state index in [0.29, 0.717) is 30.0 Å². The van der Waals surface area contributed by atoms with Crippen LogP contribution in [0, 0.1) is 0 Å². The molecule has 0 aliphatic rings. The minimum absolute atomic E-state index is 0.375. The maximum Gasteiger partial charge on any atom is 0.330 e. The van der Waals surface area contributed by atoms with E-state index in [1.54, 1.807) is 34.0 Å². The first kappa shape index (κ1) is 21.8. The highest BCUT2D eigenvalue weighted by molar-refractivity contribution is 7.98. The van der Waals surface area contributed by atoms with Crippen molar-refractivity contribution < 1.29 is 0 Å². The molecule has 4 aromatic rings. The van der Waals surface area contributed by atoms with Crippen molar-refractivity contribution in [3.63, 3.8) is 0 Å². The Labute approximate surface area is 187 Å². The van der Waals surface area contributed by atoms with Gasteiger partial charge in [0.1, 0.15) is 22.0 Å². The number of fused-ring (bicyclic) bond motifs is 2. The number of hydrogen-bond acceptors (Lipinski definition) is 7. The Morgan fingerprint density at radius 2 is 1.94 bits per heavy atom. The Hall–Kier alpha value is -2.46. The minimum Gasteiger partial charge on any atom is -0.321 e. The summed E-state index contributed by atoms with van der Waals surface area (Å²) in [5, 5.41) is 1.97. The van der Waals surface area contributed by atoms with E-state index in [2.05, 4.69) is 41.8 Å². The number of H-pyrrole nitrogens is 1. The molecule has 0 atom stereocenters. The van der Waals surface area contributed by atoms with Crippen LogP contribution >= 0.6 is 23.1 Å². The van der Waals surface area contributed by atoms with Crippen LogP contribution < -0.4 is 11.2 Å². The molecule has 164 valence electrons. The number of thiophene rings is 1. The monoisotopic (exact) mass is 458 g/mol. The summed E-state index contributed by atoms with van der Waals surface area (Å²) < 4.78 is 3.54. The van der Waals surface area contributed by atoms with Gasteiger partial charge in [0.2, 0.25) is 0 Å². The number of nitrogens with zero attached hydrogens (tertiary/aromatic N) is 5. The van der Waals surface area contributed by atoms with E-state index < -0.39 is 5.69 Å². The lowest BCUT2D eigenvalue weighted by Crippen LogP contribution is -2.31. The van der Waals surface area contributed by atoms with Gasteiger partial charge in [-0.3, -0.25) is 14.3 Å². The number of aromatic amines is 1. The maximum absolute atomic E-state index is 12.7. The van der Waals surface area contributed by atoms with Crippen molar-refractivity contribution in [2.24, 2.45) is 0 Å². The Morgan fingerprint density at radius 1 is 1.10 bits per heavy atom. The van der Waals surface area contributed by atoms with E-state index >= 15 is 0 Å². The highest BCUT2D eigenvalue weighted by atomic mass is 32.2. The Kier molecular flexibility index (Phi) is 6.57. The van der Waals surface area contributed by atoms with Crippen molar-refractivity contribution in [3.8, 4) is 0 Å². The van der Waals surface area contributed by atoms with Crippen molar-refractivity contribution >= 4 is 44.5 Å². The molecule has 0 bridgehead atoms. The molecule has 0 radical (unpaired) electrons. The SMILES string of the molecule is CCCCn1c(=O)[nH]c(=O)c2c1nc(CSc1ncnc3sc(CC)cc13)n2CCC. The first-order valence-electron chi connectivity index (χ1n) is 10.7. The second-order valence-electron chi connectivity index (χ2n) is 7.37. The number of unbranched alkanes of at least 4 members (excludes halogenated alkanes) is 1. The molecule has 4 rings (SSSR count). The van der Waals surface area contributed by atoms with E-state index in [1.807, 2.05) is 4.57 Å². The second kappa shape index (κ2) is 9.35. The van der Waals surface area contributed by atoms with Gasteiger partial charge in [-0.15, -0.1) is 11.3 Å². The predicted octanol–water partition coefficient (Wildman–Crippen LogP) is 3.96. The lowest BCUT2D eigenvalue weighted by molar-refractivity contribution is 0.612. The zero-order valence-electron chi connectivity index (χ0n) is 18.0. The summed E-state index contributed by atoms with van der Waals surface area (Å²) in [6, 6.07) is 2.16. The molecule has 4 heterocycles. The molecule has 4 aromatic heterocycles. The lowest BCUT2D eigenvalue weighted by atomic mass is 10.3. The van der Waals surface area contributed by atoms with Crippen molar-refractivity contribution in [2.45, 2.75) is 70.3 Å². The number of aryl methyl sites for hydroxylation is 3. The first-order chi connectivity index (χ1) is 15.1. The standard InChI is InChI=1S/C21H26N6O2S2/c1-4-7-9-27-17-16(18(28)25-21(27)29)26(8-5-2)15(24-17)11-30-19-14-10-13(6-3)31-20(14)23-12-22-19/h10,12H,4-9,11H2,1-3H3,(H,25,28,29). The third-order valence-corrected chi connectivity index (χ3v) is 7.37. The average Bonchev–Trinajstić information content (AvgIpc) is 3.34. The average molecular weight is 459 g/mol. The van der Waals surface area contributed by atoms with Crippen LogP contribution in [0.25, 0.3) is 21.4 Å². The zero-order valence-corrected chi connectivity index (χ0v) is 19.6. The zero-order chi connectivity index (χ0) is 22.0. The summed E-state index contributed by atoms with van der Waals surface area (Å²) >= 11 is 3.28. The fourth-order valence-corrected chi connectivity index (χ4v) is 5.54. The summed E-state index contributed by atoms with van der Waals surface area (Å²) in [5.74, 6) is 1.33. The van der Waals surface area contributed by atoms with Crippen LogP contribution in [-0.2, 0) is 25.3 Å². The van der Waals surface area contributed by atoms with Gasteiger partial charge in [0, 0.05) is 23.4 Å². The molecule has 31 heavy (non-hydrogen) atoms. The number of thioether (sulfide) groups is 1. The fourth-order valence-electron chi connectivity index (χ4n) is 3.62. The topological polar surface area (TPSA) is 98.5 Å². The van der Waals surface area contributed by atoms with Gasteiger partial charge in [-0.25, -0.2) is 19.7 Å². The van der Waals surface area contributed by atoms with Crippen LogP contribution in [0.2, 0.25) is 0 Å². The molecule has 10 heteroatoms. The number of hydrogen-bond donors (Lipinski definition) is 1. The summed E-state index contributed by atoms with van der Waals surface area (Å²) in [6.45, 7) is 7.48. The van der Waals surface area contributed by atoms with Gasteiger partial charge in [0.25, 0.3) is 5.56 Å². The molecule has 0 amide bonds. The highest BCUT2D eigenvalue weighted by Crippen LogP contribution is 2.32. The quantitative estimate of drug-likeness (QED) is 0.301. The van der Waals surface area contributed by atoms with Gasteiger partial charge in [0.05, 0.1) is 5.75 Å². The second-order valence-corrected chi connectivity index (χ2v) is 9.45. The molecule has 1 N–H and O–H groups in total. The summed E-state index contributed by atoms with van der Waals surface area (Å²) in [5.41, 5.74) is 0.182. The van der Waals surface area contributed by atoms with Gasteiger partial charge in [0.15, 0.2) is 11.2 Å². The third-order valence-electron chi connectivity index (χ3n) is 5.18. The Balaban J connectivity index is 1.76. The minimum atomic E-state index is -0.394. The van der Waals surface area contributed by atoms with E-state index in [1.165, 1.54) is 4.88 Å². The van der Waals surface area contributed by atoms with Crippen molar-refractivity contribution in [1.29, 1.82) is 0 Å². The van der Waals surface area contributed by atoms with Gasteiger partial charge in [-0.2, -0.15) is 0 Å². The summed E-state index contributed by atoms with van der Waals surface area (Å²) in [4.78, 5) is 43.5. The van der Waals surface area contributed by atoms with Crippen LogP contribution in [0.1, 0.15) is 50.7 Å². The molecular formula is C21H26N6O2S2. The predicted molar refractivity (Wildman–Crippen MR) is 126 cm³/mol. The van der Waals surface area contributed by atoms with Crippen LogP contribution in [0.15, 0.2) is 27.0 Å². The largest absolute Gasteiger partial charge is 0.330 e. The molecule has 0 aliphatic heterocycles. The molecule has 0 saturated carbocycles. The van der Waals surface area contributed by atoms with Crippen molar-refractivity contribution in [1.82, 2.24) is 29.1 Å². The van der Waals surface area contributed by atoms with E-state index in [-0.39, 0.29) is 5.56 Å². The van der Waals surface area contributed by atoms with E-state index in [4.69, 9.17) is 4.98 Å². The number of aromatic nitrogens is 6. The van der Waals surface area contributed by atoms with Crippen LogP contribution in [-0.4, -0.2) is 29.1 Å². The normalized spacial score (nSPS) is 11.7. The molecule has 0 unspecified atom stereocenters. The molecule has 0 saturated heterocycles. The smallest absolute Gasteiger partial charge is 0.321 e. The third kappa shape index (κ3) is 4.18. The number of rotatable bonds is 9. The van der Waals surface area contributed by atoms with Gasteiger partial charge >= 0.3 is 5.69 Å². The first-order valence-corrected chi connectivity index (χ1v) is 12.5. The summed E-state index contributed by atoms with van der Waals surface area (Å²) in [7, 11) is 0. The molecule has 8 nitrogen and oxygen atoms in total. The van der Waals surface area contributed by atoms with Crippen molar-refractivity contribution in [2.75, 3.05) is 0 Å². The Bertz CT molecular complexity index is 1330. The fraction of sp³-hybridized carbons (Fsp3) is 0.476. The van der Waals surface area contributed by atoms with E-state index in [0.717, 1.165) is 46.8 Å². The van der Waals surface area contributed by atoms with Gasteiger partial charge in [-0.05, 0) is 25.3 Å². The highest BCUT2D eigenvalue weighted by Gasteiger charge is 2.19. The maximum atomic E-state index is 12.7. The molecule has 0 spiro atoms. The molecular weight excluding hydrogens is 432 g/mol. The summed E-state index contributed by atoms with van der Waals surface area (Å²) in [6.07, 6.45) is 5.23. The van der Waals surface area contributed by atoms with Crippen LogP contribution in [0.4, 0.5) is 0 Å². The molecule has 0 aromatic carbocycles. The van der Waals surface area contributed by atoms with Crippen LogP contribution in [0.3, 0.4) is 0 Å². The molecule has 0 aliphatic carbocycles. The van der Waals surface area contributed by atoms with Crippen LogP contribution in [0.5, 0.6) is 0 Å². The molecule has 0 fully saturated rings. The van der Waals surface area contributed by atoms with Gasteiger partial charge < -0.3 is 4.57 Å². The van der Waals surface area contributed by atoms with Crippen molar-refractivity contribution in [3.05, 3.63) is 43.9 Å².